The summed E-state index contributed by atoms with van der Waals surface area (Å²) in [6, 6.07) is 17.0. The molecular weight excluding hydrogens is 457 g/mol. The highest BCUT2D eigenvalue weighted by molar-refractivity contribution is 6.35. The van der Waals surface area contributed by atoms with Crippen LogP contribution < -0.4 is 14.8 Å². The molecule has 0 saturated carbocycles. The molecule has 0 saturated heterocycles. The number of halogens is 3. The number of H-pyrrole nitrogens is 1. The van der Waals surface area contributed by atoms with Crippen molar-refractivity contribution in [3.63, 3.8) is 0 Å². The van der Waals surface area contributed by atoms with E-state index in [1.54, 1.807) is 19.2 Å². The molecule has 0 aliphatic heterocycles. The summed E-state index contributed by atoms with van der Waals surface area (Å²) in [7, 11) is 1.58. The highest BCUT2D eigenvalue weighted by Crippen LogP contribution is 2.37. The Balaban J connectivity index is 1.41. The van der Waals surface area contributed by atoms with Gasteiger partial charge in [0.05, 0.1) is 29.7 Å². The van der Waals surface area contributed by atoms with Crippen molar-refractivity contribution in [2.24, 2.45) is 0 Å². The predicted octanol–water partition coefficient (Wildman–Crippen LogP) is 6.40. The second-order valence-electron chi connectivity index (χ2n) is 6.94. The van der Waals surface area contributed by atoms with Crippen LogP contribution in [0.15, 0.2) is 54.6 Å². The standard InChI is InChI=1S/C23H20Cl3N3O2/c1-30-21-9-14(11-27-12-22-28-19-4-2-3-5-20(19)29-22)8-18(26)23(21)31-13-15-6-7-16(24)10-17(15)25/h2-10,27H,11-13H2,1H3,(H,28,29). The summed E-state index contributed by atoms with van der Waals surface area (Å²) in [5.74, 6) is 1.90. The van der Waals surface area contributed by atoms with Crippen molar-refractivity contribution in [1.82, 2.24) is 15.3 Å². The van der Waals surface area contributed by atoms with Gasteiger partial charge in [0, 0.05) is 22.2 Å². The van der Waals surface area contributed by atoms with E-state index in [9.17, 15) is 0 Å². The maximum atomic E-state index is 6.49. The Labute approximate surface area is 195 Å². The average Bonchev–Trinajstić information content (AvgIpc) is 3.16. The first-order valence-corrected chi connectivity index (χ1v) is 10.7. The molecule has 0 unspecified atom stereocenters. The maximum absolute atomic E-state index is 6.49. The minimum atomic E-state index is 0.246. The van der Waals surface area contributed by atoms with Crippen LogP contribution in [0.25, 0.3) is 11.0 Å². The molecule has 1 aromatic heterocycles. The molecule has 31 heavy (non-hydrogen) atoms. The van der Waals surface area contributed by atoms with Gasteiger partial charge >= 0.3 is 0 Å². The minimum Gasteiger partial charge on any atom is -0.493 e. The summed E-state index contributed by atoms with van der Waals surface area (Å²) < 4.78 is 11.4. The zero-order valence-electron chi connectivity index (χ0n) is 16.7. The third kappa shape index (κ3) is 5.25. The Morgan fingerprint density at radius 3 is 2.58 bits per heavy atom. The summed E-state index contributed by atoms with van der Waals surface area (Å²) in [5, 5.41) is 4.94. The van der Waals surface area contributed by atoms with Crippen LogP contribution in [0.3, 0.4) is 0 Å². The van der Waals surface area contributed by atoms with E-state index in [0.29, 0.717) is 39.7 Å². The Kier molecular flexibility index (Phi) is 6.88. The number of para-hydroxylation sites is 2. The molecule has 4 aromatic rings. The molecule has 0 bridgehead atoms. The van der Waals surface area contributed by atoms with Crippen LogP contribution in [-0.4, -0.2) is 17.1 Å². The first-order chi connectivity index (χ1) is 15.0. The van der Waals surface area contributed by atoms with E-state index in [-0.39, 0.29) is 6.61 Å². The number of rotatable bonds is 8. The Hall–Kier alpha value is -2.44. The van der Waals surface area contributed by atoms with Crippen LogP contribution in [0.5, 0.6) is 11.5 Å². The van der Waals surface area contributed by atoms with Crippen LogP contribution in [0.4, 0.5) is 0 Å². The molecule has 3 aromatic carbocycles. The van der Waals surface area contributed by atoms with Gasteiger partial charge in [0.2, 0.25) is 0 Å². The van der Waals surface area contributed by atoms with E-state index < -0.39 is 0 Å². The summed E-state index contributed by atoms with van der Waals surface area (Å²) in [6.45, 7) is 1.44. The summed E-state index contributed by atoms with van der Waals surface area (Å²) in [6.07, 6.45) is 0. The first-order valence-electron chi connectivity index (χ1n) is 9.61. The number of hydrogen-bond acceptors (Lipinski definition) is 4. The van der Waals surface area contributed by atoms with Gasteiger partial charge in [-0.15, -0.1) is 0 Å². The van der Waals surface area contributed by atoms with Crippen molar-refractivity contribution < 1.29 is 9.47 Å². The number of fused-ring (bicyclic) bond motifs is 1. The molecule has 0 amide bonds. The minimum absolute atomic E-state index is 0.246. The number of aromatic nitrogens is 2. The number of ether oxygens (including phenoxy) is 2. The van der Waals surface area contributed by atoms with Crippen LogP contribution in [0.2, 0.25) is 15.1 Å². The highest BCUT2D eigenvalue weighted by atomic mass is 35.5. The molecular formula is C23H20Cl3N3O2. The van der Waals surface area contributed by atoms with E-state index in [0.717, 1.165) is 28.0 Å². The molecule has 8 heteroatoms. The van der Waals surface area contributed by atoms with E-state index in [1.807, 2.05) is 42.5 Å². The van der Waals surface area contributed by atoms with Crippen molar-refractivity contribution in [1.29, 1.82) is 0 Å². The third-order valence-electron chi connectivity index (χ3n) is 4.74. The van der Waals surface area contributed by atoms with Crippen LogP contribution in [0.1, 0.15) is 17.0 Å². The van der Waals surface area contributed by atoms with Gasteiger partial charge < -0.3 is 19.8 Å². The smallest absolute Gasteiger partial charge is 0.180 e. The lowest BCUT2D eigenvalue weighted by Gasteiger charge is -2.15. The van der Waals surface area contributed by atoms with E-state index in [2.05, 4.69) is 15.3 Å². The molecule has 0 aliphatic carbocycles. The fourth-order valence-corrected chi connectivity index (χ4v) is 3.97. The zero-order chi connectivity index (χ0) is 21.8. The van der Waals surface area contributed by atoms with Crippen molar-refractivity contribution in [2.75, 3.05) is 7.11 Å². The maximum Gasteiger partial charge on any atom is 0.180 e. The van der Waals surface area contributed by atoms with Crippen LogP contribution >= 0.6 is 34.8 Å². The molecule has 2 N–H and O–H groups in total. The summed E-state index contributed by atoms with van der Waals surface area (Å²) in [5.41, 5.74) is 3.74. The van der Waals surface area contributed by atoms with Crippen LogP contribution in [0, 0.1) is 0 Å². The second-order valence-corrected chi connectivity index (χ2v) is 8.19. The highest BCUT2D eigenvalue weighted by Gasteiger charge is 2.13. The number of aromatic amines is 1. The summed E-state index contributed by atoms with van der Waals surface area (Å²) >= 11 is 18.7. The fraction of sp³-hybridized carbons (Fsp3) is 0.174. The van der Waals surface area contributed by atoms with Gasteiger partial charge in [-0.05, 0) is 42.0 Å². The lowest BCUT2D eigenvalue weighted by molar-refractivity contribution is 0.284. The average molecular weight is 477 g/mol. The van der Waals surface area contributed by atoms with Crippen molar-refractivity contribution in [3.05, 3.63) is 86.6 Å². The third-order valence-corrected chi connectivity index (χ3v) is 5.60. The van der Waals surface area contributed by atoms with Gasteiger partial charge in [0.15, 0.2) is 11.5 Å². The lowest BCUT2D eigenvalue weighted by atomic mass is 10.2. The van der Waals surface area contributed by atoms with Crippen molar-refractivity contribution >= 4 is 45.8 Å². The van der Waals surface area contributed by atoms with E-state index >= 15 is 0 Å². The molecule has 160 valence electrons. The number of imidazole rings is 1. The Bertz CT molecular complexity index is 1180. The first kappa shape index (κ1) is 21.8. The monoisotopic (exact) mass is 475 g/mol. The topological polar surface area (TPSA) is 59.2 Å². The van der Waals surface area contributed by atoms with Gasteiger partial charge in [-0.1, -0.05) is 53.0 Å². The lowest BCUT2D eigenvalue weighted by Crippen LogP contribution is -2.14. The SMILES string of the molecule is COc1cc(CNCc2nc3ccccc3[nH]2)cc(Cl)c1OCc1ccc(Cl)cc1Cl. The Morgan fingerprint density at radius 2 is 1.81 bits per heavy atom. The molecule has 0 fully saturated rings. The molecule has 0 aliphatic rings. The Morgan fingerprint density at radius 1 is 0.968 bits per heavy atom. The molecule has 0 atom stereocenters. The second kappa shape index (κ2) is 9.79. The number of benzene rings is 3. The number of hydrogen-bond donors (Lipinski definition) is 2. The summed E-state index contributed by atoms with van der Waals surface area (Å²) in [4.78, 5) is 7.87. The molecule has 0 radical (unpaired) electrons. The largest absolute Gasteiger partial charge is 0.493 e. The predicted molar refractivity (Wildman–Crippen MR) is 125 cm³/mol. The van der Waals surface area contributed by atoms with Crippen LogP contribution in [-0.2, 0) is 19.7 Å². The fourth-order valence-electron chi connectivity index (χ4n) is 3.22. The van der Waals surface area contributed by atoms with Gasteiger partial charge in [-0.3, -0.25) is 0 Å². The van der Waals surface area contributed by atoms with Gasteiger partial charge in [0.1, 0.15) is 12.4 Å². The van der Waals surface area contributed by atoms with E-state index in [1.165, 1.54) is 0 Å². The molecule has 0 spiro atoms. The van der Waals surface area contributed by atoms with Gasteiger partial charge in [-0.25, -0.2) is 4.98 Å². The number of methoxy groups -OCH3 is 1. The normalized spacial score (nSPS) is 11.1. The van der Waals surface area contributed by atoms with Gasteiger partial charge in [0.25, 0.3) is 0 Å². The van der Waals surface area contributed by atoms with Crippen molar-refractivity contribution in [3.8, 4) is 11.5 Å². The molecule has 1 heterocycles. The van der Waals surface area contributed by atoms with Crippen molar-refractivity contribution in [2.45, 2.75) is 19.7 Å². The zero-order valence-corrected chi connectivity index (χ0v) is 19.0. The molecule has 5 nitrogen and oxygen atoms in total. The number of nitrogens with one attached hydrogen (secondary N) is 2. The van der Waals surface area contributed by atoms with E-state index in [4.69, 9.17) is 44.3 Å². The molecule has 4 rings (SSSR count). The quantitative estimate of drug-likeness (QED) is 0.309. The number of nitrogens with zero attached hydrogens (tertiary/aromatic N) is 1. The van der Waals surface area contributed by atoms with Gasteiger partial charge in [-0.2, -0.15) is 0 Å².